The van der Waals surface area contributed by atoms with E-state index in [4.69, 9.17) is 21.1 Å². The summed E-state index contributed by atoms with van der Waals surface area (Å²) in [7, 11) is 3.14. The van der Waals surface area contributed by atoms with Crippen LogP contribution < -0.4 is 0 Å². The molecule has 7 nitrogen and oxygen atoms in total. The van der Waals surface area contributed by atoms with Crippen LogP contribution in [0.5, 0.6) is 0 Å². The van der Waals surface area contributed by atoms with E-state index < -0.39 is 24.1 Å². The number of nitrogens with zero attached hydrogens (tertiary/aromatic N) is 2. The molecule has 0 saturated carbocycles. The second-order valence-corrected chi connectivity index (χ2v) is 8.91. The normalized spacial score (nSPS) is 13.1. The average molecular weight is 449 g/mol. The fourth-order valence-electron chi connectivity index (χ4n) is 3.09. The summed E-state index contributed by atoms with van der Waals surface area (Å²) in [6, 6.07) is -1.43. The lowest BCUT2D eigenvalue weighted by molar-refractivity contribution is -0.156. The van der Waals surface area contributed by atoms with Crippen molar-refractivity contribution in [3.8, 4) is 0 Å². The SMILES string of the molecule is CCCCCOC(=O)C(CC(C)C)N(C)C(=O)C(CC(C)C)N(C)C(=O)OCCCl. The van der Waals surface area contributed by atoms with Gasteiger partial charge < -0.3 is 14.4 Å². The van der Waals surface area contributed by atoms with Crippen molar-refractivity contribution < 1.29 is 23.9 Å². The Morgan fingerprint density at radius 1 is 0.833 bits per heavy atom. The van der Waals surface area contributed by atoms with Crippen LogP contribution >= 0.6 is 11.6 Å². The molecule has 0 radical (unpaired) electrons. The number of carbonyl (C=O) groups excluding carboxylic acids is 3. The maximum atomic E-state index is 13.3. The lowest BCUT2D eigenvalue weighted by Gasteiger charge is -2.34. The Labute approximate surface area is 187 Å². The molecule has 0 aromatic rings. The maximum Gasteiger partial charge on any atom is 0.410 e. The minimum absolute atomic E-state index is 0.0726. The van der Waals surface area contributed by atoms with E-state index in [0.29, 0.717) is 19.4 Å². The first-order valence-electron chi connectivity index (χ1n) is 11.0. The summed E-state index contributed by atoms with van der Waals surface area (Å²) in [4.78, 5) is 41.1. The number of likely N-dealkylation sites (N-methyl/N-ethyl adjacent to an activating group) is 2. The Bertz CT molecular complexity index is 528. The van der Waals surface area contributed by atoms with Crippen molar-refractivity contribution in [3.63, 3.8) is 0 Å². The molecule has 0 aromatic carbocycles. The maximum absolute atomic E-state index is 13.3. The number of hydrogen-bond donors (Lipinski definition) is 0. The second-order valence-electron chi connectivity index (χ2n) is 8.53. The predicted octanol–water partition coefficient (Wildman–Crippen LogP) is 4.31. The summed E-state index contributed by atoms with van der Waals surface area (Å²) < 4.78 is 10.5. The molecule has 8 heteroatoms. The number of esters is 1. The van der Waals surface area contributed by atoms with Crippen LogP contribution in [0.3, 0.4) is 0 Å². The van der Waals surface area contributed by atoms with E-state index in [9.17, 15) is 14.4 Å². The Kier molecular flexibility index (Phi) is 14.6. The number of ether oxygens (including phenoxy) is 2. The number of unbranched alkanes of at least 4 members (excludes halogenated alkanes) is 2. The summed E-state index contributed by atoms with van der Waals surface area (Å²) in [6.07, 6.45) is 3.17. The minimum Gasteiger partial charge on any atom is -0.464 e. The highest BCUT2D eigenvalue weighted by atomic mass is 35.5. The molecule has 0 heterocycles. The zero-order valence-electron chi connectivity index (χ0n) is 19.8. The lowest BCUT2D eigenvalue weighted by Crippen LogP contribution is -2.53. The highest BCUT2D eigenvalue weighted by Crippen LogP contribution is 2.19. The molecule has 0 bridgehead atoms. The van der Waals surface area contributed by atoms with E-state index in [1.54, 1.807) is 7.05 Å². The number of halogens is 1. The Balaban J connectivity index is 5.45. The zero-order valence-corrected chi connectivity index (χ0v) is 20.5. The highest BCUT2D eigenvalue weighted by molar-refractivity contribution is 6.18. The van der Waals surface area contributed by atoms with E-state index in [0.717, 1.165) is 19.3 Å². The molecule has 2 atom stereocenters. The van der Waals surface area contributed by atoms with Crippen molar-refractivity contribution in [2.45, 2.75) is 78.8 Å². The molecule has 0 fully saturated rings. The van der Waals surface area contributed by atoms with Crippen LogP contribution in [-0.2, 0) is 19.1 Å². The monoisotopic (exact) mass is 448 g/mol. The predicted molar refractivity (Wildman–Crippen MR) is 120 cm³/mol. The molecule has 0 rings (SSSR count). The lowest BCUT2D eigenvalue weighted by atomic mass is 9.98. The number of rotatable bonds is 14. The van der Waals surface area contributed by atoms with Crippen molar-refractivity contribution >= 4 is 29.6 Å². The van der Waals surface area contributed by atoms with Crippen LogP contribution in [0.2, 0.25) is 0 Å². The van der Waals surface area contributed by atoms with Crippen LogP contribution in [0.25, 0.3) is 0 Å². The summed E-state index contributed by atoms with van der Waals surface area (Å²) in [6.45, 7) is 10.5. The van der Waals surface area contributed by atoms with E-state index in [1.807, 2.05) is 27.7 Å². The number of amides is 2. The van der Waals surface area contributed by atoms with Crippen LogP contribution in [0.15, 0.2) is 0 Å². The molecule has 0 aliphatic carbocycles. The molecule has 0 saturated heterocycles. The van der Waals surface area contributed by atoms with Gasteiger partial charge in [0.25, 0.3) is 0 Å². The van der Waals surface area contributed by atoms with Gasteiger partial charge in [-0.25, -0.2) is 9.59 Å². The van der Waals surface area contributed by atoms with Gasteiger partial charge in [-0.05, 0) is 31.1 Å². The first kappa shape index (κ1) is 28.5. The standard InChI is InChI=1S/C22H41ClN2O5/c1-8-9-10-12-29-21(27)19(15-17(4)5)24(6)20(26)18(14-16(2)3)25(7)22(28)30-13-11-23/h16-19H,8-15H2,1-7H3. The Morgan fingerprint density at radius 2 is 1.40 bits per heavy atom. The summed E-state index contributed by atoms with van der Waals surface area (Å²) in [5, 5.41) is 0. The van der Waals surface area contributed by atoms with E-state index in [1.165, 1.54) is 16.8 Å². The van der Waals surface area contributed by atoms with Crippen LogP contribution in [-0.4, -0.2) is 73.0 Å². The van der Waals surface area contributed by atoms with Gasteiger partial charge in [0.15, 0.2) is 0 Å². The van der Waals surface area contributed by atoms with Crippen molar-refractivity contribution in [2.24, 2.45) is 11.8 Å². The van der Waals surface area contributed by atoms with Gasteiger partial charge >= 0.3 is 12.1 Å². The molecular formula is C22H41ClN2O5. The minimum atomic E-state index is -0.736. The van der Waals surface area contributed by atoms with Gasteiger partial charge in [-0.1, -0.05) is 47.5 Å². The third-order valence-electron chi connectivity index (χ3n) is 4.81. The summed E-state index contributed by atoms with van der Waals surface area (Å²) in [5.74, 6) is -0.150. The van der Waals surface area contributed by atoms with Crippen molar-refractivity contribution in [2.75, 3.05) is 33.2 Å². The van der Waals surface area contributed by atoms with Gasteiger partial charge in [-0.15, -0.1) is 11.6 Å². The first-order chi connectivity index (χ1) is 14.1. The number of carbonyl (C=O) groups is 3. The van der Waals surface area contributed by atoms with Crippen LogP contribution in [0.1, 0.15) is 66.7 Å². The molecule has 0 spiro atoms. The second kappa shape index (κ2) is 15.3. The van der Waals surface area contributed by atoms with Crippen LogP contribution in [0.4, 0.5) is 4.79 Å². The zero-order chi connectivity index (χ0) is 23.3. The van der Waals surface area contributed by atoms with Gasteiger partial charge in [0.05, 0.1) is 12.5 Å². The van der Waals surface area contributed by atoms with E-state index in [2.05, 4.69) is 6.92 Å². The molecule has 0 aliphatic rings. The molecular weight excluding hydrogens is 408 g/mol. The topological polar surface area (TPSA) is 76.2 Å². The van der Waals surface area contributed by atoms with Crippen LogP contribution in [0, 0.1) is 11.8 Å². The molecule has 2 unspecified atom stereocenters. The van der Waals surface area contributed by atoms with Gasteiger partial charge in [-0.2, -0.15) is 0 Å². The highest BCUT2D eigenvalue weighted by Gasteiger charge is 2.36. The van der Waals surface area contributed by atoms with Gasteiger partial charge in [0, 0.05) is 14.1 Å². The van der Waals surface area contributed by atoms with E-state index >= 15 is 0 Å². The molecule has 2 amide bonds. The molecule has 0 N–H and O–H groups in total. The first-order valence-corrected chi connectivity index (χ1v) is 11.5. The Hall–Kier alpha value is -1.50. The molecule has 0 aromatic heterocycles. The van der Waals surface area contributed by atoms with Crippen molar-refractivity contribution in [1.82, 2.24) is 9.80 Å². The summed E-state index contributed by atoms with van der Waals surface area (Å²) in [5.41, 5.74) is 0. The third kappa shape index (κ3) is 10.5. The molecule has 176 valence electrons. The van der Waals surface area contributed by atoms with Gasteiger partial charge in [0.1, 0.15) is 18.7 Å². The van der Waals surface area contributed by atoms with E-state index in [-0.39, 0.29) is 30.2 Å². The van der Waals surface area contributed by atoms with Crippen molar-refractivity contribution in [1.29, 1.82) is 0 Å². The number of hydrogen-bond acceptors (Lipinski definition) is 5. The quantitative estimate of drug-likeness (QED) is 0.225. The Morgan fingerprint density at radius 3 is 1.90 bits per heavy atom. The molecule has 0 aliphatic heterocycles. The van der Waals surface area contributed by atoms with Crippen molar-refractivity contribution in [3.05, 3.63) is 0 Å². The third-order valence-corrected chi connectivity index (χ3v) is 4.97. The average Bonchev–Trinajstić information content (AvgIpc) is 2.69. The van der Waals surface area contributed by atoms with Gasteiger partial charge in [-0.3, -0.25) is 9.69 Å². The largest absolute Gasteiger partial charge is 0.464 e. The summed E-state index contributed by atoms with van der Waals surface area (Å²) >= 11 is 5.59. The fraction of sp³-hybridized carbons (Fsp3) is 0.864. The molecule has 30 heavy (non-hydrogen) atoms. The van der Waals surface area contributed by atoms with Gasteiger partial charge in [0.2, 0.25) is 5.91 Å². The smallest absolute Gasteiger partial charge is 0.410 e. The fourth-order valence-corrected chi connectivity index (χ4v) is 3.17. The number of alkyl halides is 1.